The van der Waals surface area contributed by atoms with E-state index < -0.39 is 45.8 Å². The van der Waals surface area contributed by atoms with Gasteiger partial charge in [0.1, 0.15) is 12.7 Å². The Morgan fingerprint density at radius 2 is 1.38 bits per heavy atom. The van der Waals surface area contributed by atoms with Crippen molar-refractivity contribution in [2.75, 3.05) is 19.8 Å². The molecule has 0 radical (unpaired) electrons. The molecule has 0 aromatic carbocycles. The minimum Gasteiger partial charge on any atom is -0.460 e. The number of ether oxygens (including phenoxy) is 2. The van der Waals surface area contributed by atoms with Gasteiger partial charge in [-0.05, 0) is 71.4 Å². The van der Waals surface area contributed by atoms with Gasteiger partial charge in [0.25, 0.3) is 0 Å². The normalized spacial score (nSPS) is 14.7. The van der Waals surface area contributed by atoms with Gasteiger partial charge in [-0.25, -0.2) is 4.79 Å². The van der Waals surface area contributed by atoms with Crippen LogP contribution in [-0.4, -0.2) is 70.8 Å². The van der Waals surface area contributed by atoms with Crippen LogP contribution >= 0.6 is 0 Å². The molecule has 196 valence electrons. The summed E-state index contributed by atoms with van der Waals surface area (Å²) in [6.45, 7) is 23.2. The molecule has 0 aromatic heterocycles. The minimum atomic E-state index is -2.43. The summed E-state index contributed by atoms with van der Waals surface area (Å²) in [7, 11) is -8.23. The Kier molecular flexibility index (Phi) is 20.2. The van der Waals surface area contributed by atoms with Crippen LogP contribution in [0.2, 0.25) is 65.0 Å². The average Bonchev–Trinajstić information content (AvgIpc) is 2.46. The van der Waals surface area contributed by atoms with Crippen LogP contribution in [0.4, 0.5) is 0 Å². The summed E-state index contributed by atoms with van der Waals surface area (Å²) in [5.74, 6) is -0.557. The van der Waals surface area contributed by atoms with Crippen molar-refractivity contribution in [2.24, 2.45) is 0 Å². The standard InChI is InChI=1S/C18H42O7Si4.3CH4/c1-11-18(20)22-16-17(19)15-21-13-12-14-29(10,24-27(5,6)7)25-28(8,9)23-26(2,3)4;;;/h11,17,19H,1,12-16H2,2-10H3;3*1H4. The Bertz CT molecular complexity index is 519. The van der Waals surface area contributed by atoms with Gasteiger partial charge in [-0.3, -0.25) is 0 Å². The molecule has 7 nitrogen and oxygen atoms in total. The Hall–Kier alpha value is -0.122. The van der Waals surface area contributed by atoms with Crippen molar-refractivity contribution in [1.82, 2.24) is 0 Å². The van der Waals surface area contributed by atoms with Gasteiger partial charge in [0.2, 0.25) is 0 Å². The third-order valence-electron chi connectivity index (χ3n) is 3.35. The number of hydrogen-bond donors (Lipinski definition) is 1. The van der Waals surface area contributed by atoms with Crippen molar-refractivity contribution in [3.8, 4) is 0 Å². The Labute approximate surface area is 203 Å². The summed E-state index contributed by atoms with van der Waals surface area (Å²) in [5.41, 5.74) is 0. The molecule has 0 rings (SSSR count). The van der Waals surface area contributed by atoms with Crippen LogP contribution in [-0.2, 0) is 26.6 Å². The van der Waals surface area contributed by atoms with Crippen molar-refractivity contribution in [1.29, 1.82) is 0 Å². The molecule has 0 saturated carbocycles. The van der Waals surface area contributed by atoms with E-state index in [9.17, 15) is 9.90 Å². The predicted molar refractivity (Wildman–Crippen MR) is 147 cm³/mol. The fraction of sp³-hybridized carbons (Fsp3) is 0.857. The van der Waals surface area contributed by atoms with Gasteiger partial charge in [0.05, 0.1) is 6.61 Å². The second-order valence-electron chi connectivity index (χ2n) is 9.73. The summed E-state index contributed by atoms with van der Waals surface area (Å²) in [5, 5.41) is 9.79. The molecular formula is C21H54O7Si4. The number of aliphatic hydroxyl groups excluding tert-OH is 1. The lowest BCUT2D eigenvalue weighted by Gasteiger charge is -2.41. The molecule has 32 heavy (non-hydrogen) atoms. The zero-order valence-electron chi connectivity index (χ0n) is 19.8. The summed E-state index contributed by atoms with van der Waals surface area (Å²) < 4.78 is 29.8. The first-order valence-corrected chi connectivity index (χ1v) is 22.3. The van der Waals surface area contributed by atoms with Gasteiger partial charge < -0.3 is 26.9 Å². The molecular weight excluding hydrogens is 477 g/mol. The summed E-state index contributed by atoms with van der Waals surface area (Å²) in [6.07, 6.45) is 0.978. The molecule has 0 aliphatic rings. The number of hydrogen-bond acceptors (Lipinski definition) is 7. The first kappa shape index (κ1) is 39.1. The smallest absolute Gasteiger partial charge is 0.330 e. The average molecular weight is 531 g/mol. The summed E-state index contributed by atoms with van der Waals surface area (Å²) >= 11 is 0. The molecule has 0 bridgehead atoms. The topological polar surface area (TPSA) is 83.5 Å². The highest BCUT2D eigenvalue weighted by Crippen LogP contribution is 2.27. The summed E-state index contributed by atoms with van der Waals surface area (Å²) in [4.78, 5) is 11.0. The third kappa shape index (κ3) is 21.7. The Morgan fingerprint density at radius 1 is 0.875 bits per heavy atom. The number of carbonyl (C=O) groups is 1. The molecule has 1 N–H and O–H groups in total. The molecule has 11 heteroatoms. The van der Waals surface area contributed by atoms with Gasteiger partial charge in [0.15, 0.2) is 16.6 Å². The van der Waals surface area contributed by atoms with Crippen LogP contribution in [0.1, 0.15) is 28.7 Å². The van der Waals surface area contributed by atoms with Gasteiger partial charge in [-0.2, -0.15) is 0 Å². The van der Waals surface area contributed by atoms with Crippen molar-refractivity contribution in [3.63, 3.8) is 0 Å². The molecule has 2 unspecified atom stereocenters. The van der Waals surface area contributed by atoms with Gasteiger partial charge in [-0.1, -0.05) is 28.9 Å². The predicted octanol–water partition coefficient (Wildman–Crippen LogP) is 5.88. The van der Waals surface area contributed by atoms with E-state index in [1.54, 1.807) is 0 Å². The molecule has 0 amide bonds. The third-order valence-corrected chi connectivity index (χ3v) is 16.9. The second kappa shape index (κ2) is 16.5. The molecule has 0 saturated heterocycles. The highest BCUT2D eigenvalue weighted by molar-refractivity contribution is 6.89. The van der Waals surface area contributed by atoms with Gasteiger partial charge in [0, 0.05) is 12.7 Å². The molecule has 0 heterocycles. The first-order chi connectivity index (χ1) is 13.0. The quantitative estimate of drug-likeness (QED) is 0.122. The lowest BCUT2D eigenvalue weighted by Crippen LogP contribution is -2.56. The van der Waals surface area contributed by atoms with Gasteiger partial charge in [-0.15, -0.1) is 0 Å². The molecule has 0 spiro atoms. The zero-order valence-corrected chi connectivity index (χ0v) is 23.8. The fourth-order valence-corrected chi connectivity index (χ4v) is 21.0. The summed E-state index contributed by atoms with van der Waals surface area (Å²) in [6, 6.07) is 0.796. The lowest BCUT2D eigenvalue weighted by atomic mass is 10.4. The van der Waals surface area contributed by atoms with E-state index in [0.717, 1.165) is 18.5 Å². The largest absolute Gasteiger partial charge is 0.460 e. The molecule has 2 atom stereocenters. The van der Waals surface area contributed by atoms with E-state index in [2.05, 4.69) is 65.5 Å². The monoisotopic (exact) mass is 530 g/mol. The maximum atomic E-state index is 11.0. The molecule has 0 aromatic rings. The number of aliphatic hydroxyl groups is 1. The molecule has 0 aliphatic carbocycles. The first-order valence-electron chi connectivity index (χ1n) is 10.1. The van der Waals surface area contributed by atoms with Crippen LogP contribution in [0, 0.1) is 0 Å². The van der Waals surface area contributed by atoms with Crippen molar-refractivity contribution >= 4 is 39.7 Å². The van der Waals surface area contributed by atoms with Crippen LogP contribution < -0.4 is 0 Å². The zero-order chi connectivity index (χ0) is 22.9. The van der Waals surface area contributed by atoms with Crippen LogP contribution in [0.3, 0.4) is 0 Å². The molecule has 0 aliphatic heterocycles. The number of esters is 1. The number of rotatable bonds is 15. The highest BCUT2D eigenvalue weighted by atomic mass is 28.5. The Morgan fingerprint density at radius 3 is 1.81 bits per heavy atom. The Balaban J connectivity index is -0.00000131. The minimum absolute atomic E-state index is 0. The van der Waals surface area contributed by atoms with E-state index in [1.807, 2.05) is 0 Å². The van der Waals surface area contributed by atoms with Gasteiger partial charge >= 0.3 is 23.1 Å². The lowest BCUT2D eigenvalue weighted by molar-refractivity contribution is -0.141. The second-order valence-corrected chi connectivity index (χ2v) is 26.2. The fourth-order valence-electron chi connectivity index (χ4n) is 3.05. The van der Waals surface area contributed by atoms with Crippen molar-refractivity contribution in [3.05, 3.63) is 12.7 Å². The van der Waals surface area contributed by atoms with E-state index in [0.29, 0.717) is 6.61 Å². The van der Waals surface area contributed by atoms with E-state index in [-0.39, 0.29) is 35.5 Å². The van der Waals surface area contributed by atoms with E-state index >= 15 is 0 Å². The van der Waals surface area contributed by atoms with E-state index in [1.165, 1.54) is 0 Å². The van der Waals surface area contributed by atoms with Crippen LogP contribution in [0.5, 0.6) is 0 Å². The SMILES string of the molecule is C.C.C.C=CC(=O)OCC(O)COCCC[Si](C)(O[Si](C)(C)C)O[Si](C)(C)O[Si](C)(C)C. The van der Waals surface area contributed by atoms with Crippen molar-refractivity contribution in [2.45, 2.75) is 99.8 Å². The number of carbonyl (C=O) groups excluding carboxylic acids is 1. The maximum Gasteiger partial charge on any atom is 0.330 e. The van der Waals surface area contributed by atoms with E-state index in [4.69, 9.17) is 21.8 Å². The maximum absolute atomic E-state index is 11.0. The van der Waals surface area contributed by atoms with Crippen LogP contribution in [0.15, 0.2) is 12.7 Å². The van der Waals surface area contributed by atoms with Crippen molar-refractivity contribution < 1.29 is 31.7 Å². The molecule has 0 fully saturated rings. The van der Waals surface area contributed by atoms with Crippen LogP contribution in [0.25, 0.3) is 0 Å². The highest BCUT2D eigenvalue weighted by Gasteiger charge is 2.44.